The van der Waals surface area contributed by atoms with E-state index >= 15 is 0 Å². The minimum absolute atomic E-state index is 0.0331. The molecule has 4 heteroatoms. The van der Waals surface area contributed by atoms with E-state index in [0.29, 0.717) is 18.9 Å². The zero-order chi connectivity index (χ0) is 14.2. The first-order valence-electron chi connectivity index (χ1n) is 6.67. The van der Waals surface area contributed by atoms with Crippen molar-refractivity contribution in [1.29, 1.82) is 0 Å². The zero-order valence-electron chi connectivity index (χ0n) is 11.6. The van der Waals surface area contributed by atoms with E-state index in [-0.39, 0.29) is 12.5 Å². The Morgan fingerprint density at radius 1 is 1.15 bits per heavy atom. The molecular weight excluding hydrogens is 254 g/mol. The van der Waals surface area contributed by atoms with Gasteiger partial charge in [-0.15, -0.1) is 0 Å². The molecule has 2 aromatic rings. The van der Waals surface area contributed by atoms with Gasteiger partial charge in [-0.1, -0.05) is 30.3 Å². The van der Waals surface area contributed by atoms with Gasteiger partial charge in [0.15, 0.2) is 6.61 Å². The van der Waals surface area contributed by atoms with Gasteiger partial charge in [-0.2, -0.15) is 0 Å². The minimum Gasteiger partial charge on any atom is -0.484 e. The van der Waals surface area contributed by atoms with Crippen LogP contribution in [0.5, 0.6) is 5.75 Å². The number of carbonyl (C=O) groups excluding carboxylic acids is 1. The Labute approximate surface area is 118 Å². The summed E-state index contributed by atoms with van der Waals surface area (Å²) in [5.74, 6) is 0.588. The third-order valence-corrected chi connectivity index (χ3v) is 2.94. The molecule has 1 amide bonds. The molecule has 20 heavy (non-hydrogen) atoms. The first-order chi connectivity index (χ1) is 9.79. The number of hydrogen-bond donors (Lipinski definition) is 1. The molecule has 2 rings (SSSR count). The molecule has 0 saturated carbocycles. The van der Waals surface area contributed by atoms with Crippen molar-refractivity contribution in [2.24, 2.45) is 0 Å². The summed E-state index contributed by atoms with van der Waals surface area (Å²) >= 11 is 0. The van der Waals surface area contributed by atoms with E-state index in [9.17, 15) is 4.79 Å². The van der Waals surface area contributed by atoms with Crippen LogP contribution in [0.25, 0.3) is 10.8 Å². The Morgan fingerprint density at radius 3 is 2.75 bits per heavy atom. The van der Waals surface area contributed by atoms with Crippen LogP contribution in [0.1, 0.15) is 6.42 Å². The molecule has 106 valence electrons. The van der Waals surface area contributed by atoms with Gasteiger partial charge < -0.3 is 14.8 Å². The summed E-state index contributed by atoms with van der Waals surface area (Å²) in [5, 5.41) is 5.04. The number of ether oxygens (including phenoxy) is 2. The quantitative estimate of drug-likeness (QED) is 0.788. The summed E-state index contributed by atoms with van der Waals surface area (Å²) < 4.78 is 10.4. The lowest BCUT2D eigenvalue weighted by atomic mass is 10.1. The van der Waals surface area contributed by atoms with Crippen molar-refractivity contribution in [3.63, 3.8) is 0 Å². The van der Waals surface area contributed by atoms with Crippen molar-refractivity contribution in [3.05, 3.63) is 42.5 Å². The average Bonchev–Trinajstić information content (AvgIpc) is 2.49. The van der Waals surface area contributed by atoms with Crippen LogP contribution in [-0.2, 0) is 9.53 Å². The monoisotopic (exact) mass is 273 g/mol. The number of carbonyl (C=O) groups is 1. The summed E-state index contributed by atoms with van der Waals surface area (Å²) in [6, 6.07) is 13.8. The Balaban J connectivity index is 1.81. The molecule has 0 bridgehead atoms. The van der Waals surface area contributed by atoms with Gasteiger partial charge in [-0.3, -0.25) is 4.79 Å². The third-order valence-electron chi connectivity index (χ3n) is 2.94. The molecule has 0 saturated heterocycles. The van der Waals surface area contributed by atoms with Crippen LogP contribution in [0.15, 0.2) is 42.5 Å². The molecule has 2 aromatic carbocycles. The van der Waals surface area contributed by atoms with Gasteiger partial charge in [-0.05, 0) is 29.3 Å². The molecule has 0 unspecified atom stereocenters. The molecule has 0 radical (unpaired) electrons. The second-order valence-electron chi connectivity index (χ2n) is 4.49. The van der Waals surface area contributed by atoms with E-state index in [0.717, 1.165) is 17.2 Å². The van der Waals surface area contributed by atoms with Crippen molar-refractivity contribution in [2.45, 2.75) is 6.42 Å². The summed E-state index contributed by atoms with van der Waals surface area (Å²) in [5.41, 5.74) is 0. The fourth-order valence-corrected chi connectivity index (χ4v) is 1.90. The predicted molar refractivity (Wildman–Crippen MR) is 78.9 cm³/mol. The molecule has 0 aliphatic carbocycles. The molecule has 0 aromatic heterocycles. The predicted octanol–water partition coefficient (Wildman–Crippen LogP) is 2.37. The normalized spacial score (nSPS) is 10.4. The van der Waals surface area contributed by atoms with Gasteiger partial charge in [0.05, 0.1) is 0 Å². The zero-order valence-corrected chi connectivity index (χ0v) is 11.6. The summed E-state index contributed by atoms with van der Waals surface area (Å²) in [6.07, 6.45) is 0.804. The second-order valence-corrected chi connectivity index (χ2v) is 4.49. The maximum Gasteiger partial charge on any atom is 0.257 e. The third kappa shape index (κ3) is 4.24. The summed E-state index contributed by atoms with van der Waals surface area (Å²) in [7, 11) is 1.64. The van der Waals surface area contributed by atoms with Gasteiger partial charge in [0.25, 0.3) is 5.91 Å². The number of fused-ring (bicyclic) bond motifs is 1. The topological polar surface area (TPSA) is 47.6 Å². The number of nitrogens with one attached hydrogen (secondary N) is 1. The number of methoxy groups -OCH3 is 1. The van der Waals surface area contributed by atoms with E-state index in [1.807, 2.05) is 42.5 Å². The maximum atomic E-state index is 11.6. The molecule has 0 atom stereocenters. The second kappa shape index (κ2) is 7.50. The van der Waals surface area contributed by atoms with E-state index in [1.54, 1.807) is 7.11 Å². The fraction of sp³-hybridized carbons (Fsp3) is 0.312. The molecule has 0 aliphatic rings. The van der Waals surface area contributed by atoms with Crippen molar-refractivity contribution in [3.8, 4) is 5.75 Å². The fourth-order valence-electron chi connectivity index (χ4n) is 1.90. The lowest BCUT2D eigenvalue weighted by Gasteiger charge is -2.08. The van der Waals surface area contributed by atoms with Crippen LogP contribution < -0.4 is 10.1 Å². The Morgan fingerprint density at radius 2 is 1.95 bits per heavy atom. The van der Waals surface area contributed by atoms with Crippen molar-refractivity contribution in [2.75, 3.05) is 26.9 Å². The first kappa shape index (κ1) is 14.3. The largest absolute Gasteiger partial charge is 0.484 e. The number of amides is 1. The van der Waals surface area contributed by atoms with Gasteiger partial charge in [0.2, 0.25) is 0 Å². The van der Waals surface area contributed by atoms with E-state index in [1.165, 1.54) is 0 Å². The van der Waals surface area contributed by atoms with Gasteiger partial charge >= 0.3 is 0 Å². The van der Waals surface area contributed by atoms with Crippen molar-refractivity contribution < 1.29 is 14.3 Å². The number of hydrogen-bond acceptors (Lipinski definition) is 3. The van der Waals surface area contributed by atoms with Crippen molar-refractivity contribution >= 4 is 16.7 Å². The van der Waals surface area contributed by atoms with E-state index in [4.69, 9.17) is 9.47 Å². The van der Waals surface area contributed by atoms with Crippen LogP contribution >= 0.6 is 0 Å². The van der Waals surface area contributed by atoms with Crippen LogP contribution in [0.4, 0.5) is 0 Å². The average molecular weight is 273 g/mol. The molecule has 0 spiro atoms. The highest BCUT2D eigenvalue weighted by atomic mass is 16.5. The van der Waals surface area contributed by atoms with Gasteiger partial charge in [0, 0.05) is 20.3 Å². The van der Waals surface area contributed by atoms with Crippen LogP contribution in [0.3, 0.4) is 0 Å². The number of benzene rings is 2. The van der Waals surface area contributed by atoms with Crippen molar-refractivity contribution in [1.82, 2.24) is 5.32 Å². The molecular formula is C16H19NO3. The molecule has 0 heterocycles. The molecule has 0 fully saturated rings. The molecule has 1 N–H and O–H groups in total. The van der Waals surface area contributed by atoms with Gasteiger partial charge in [-0.25, -0.2) is 0 Å². The van der Waals surface area contributed by atoms with E-state index < -0.39 is 0 Å². The number of rotatable bonds is 7. The van der Waals surface area contributed by atoms with E-state index in [2.05, 4.69) is 5.32 Å². The summed E-state index contributed by atoms with van der Waals surface area (Å²) in [6.45, 7) is 1.28. The van der Waals surface area contributed by atoms with Crippen LogP contribution in [0, 0.1) is 0 Å². The first-order valence-corrected chi connectivity index (χ1v) is 6.67. The standard InChI is InChI=1S/C16H19NO3/c1-19-10-4-9-17-16(18)12-20-15-8-7-13-5-2-3-6-14(13)11-15/h2-3,5-8,11H,4,9-10,12H2,1H3,(H,17,18). The maximum absolute atomic E-state index is 11.6. The molecule has 0 aliphatic heterocycles. The van der Waals surface area contributed by atoms with Crippen LogP contribution in [-0.4, -0.2) is 32.8 Å². The highest BCUT2D eigenvalue weighted by molar-refractivity contribution is 5.84. The SMILES string of the molecule is COCCCNC(=O)COc1ccc2ccccc2c1. The Kier molecular flexibility index (Phi) is 5.38. The Bertz CT molecular complexity index is 568. The summed E-state index contributed by atoms with van der Waals surface area (Å²) in [4.78, 5) is 11.6. The van der Waals surface area contributed by atoms with Gasteiger partial charge in [0.1, 0.15) is 5.75 Å². The lowest BCUT2D eigenvalue weighted by Crippen LogP contribution is -2.30. The lowest BCUT2D eigenvalue weighted by molar-refractivity contribution is -0.123. The highest BCUT2D eigenvalue weighted by Gasteiger charge is 2.02. The highest BCUT2D eigenvalue weighted by Crippen LogP contribution is 2.20. The smallest absolute Gasteiger partial charge is 0.257 e. The molecule has 4 nitrogen and oxygen atoms in total. The minimum atomic E-state index is -0.116. The van der Waals surface area contributed by atoms with Crippen LogP contribution in [0.2, 0.25) is 0 Å². The Hall–Kier alpha value is -2.07.